The van der Waals surface area contributed by atoms with Crippen molar-refractivity contribution in [3.05, 3.63) is 34.3 Å². The number of hydrogen-bond donors (Lipinski definition) is 2. The summed E-state index contributed by atoms with van der Waals surface area (Å²) in [5.74, 6) is -0.800. The van der Waals surface area contributed by atoms with Crippen molar-refractivity contribution in [3.8, 4) is 0 Å². The lowest BCUT2D eigenvalue weighted by atomic mass is 9.96. The average molecular weight is 248 g/mol. The quantitative estimate of drug-likeness (QED) is 0.797. The van der Waals surface area contributed by atoms with Gasteiger partial charge in [0.25, 0.3) is 0 Å². The van der Waals surface area contributed by atoms with Crippen LogP contribution in [0.5, 0.6) is 0 Å². The van der Waals surface area contributed by atoms with Crippen LogP contribution >= 0.6 is 24.0 Å². The summed E-state index contributed by atoms with van der Waals surface area (Å²) in [6.45, 7) is 0.576. The number of hydrogen-bond acceptors (Lipinski definition) is 2. The molecule has 15 heavy (non-hydrogen) atoms. The summed E-state index contributed by atoms with van der Waals surface area (Å²) in [6.07, 6.45) is 0.530. The lowest BCUT2D eigenvalue weighted by Gasteiger charge is -2.23. The highest BCUT2D eigenvalue weighted by Gasteiger charge is 2.23. The van der Waals surface area contributed by atoms with Crippen LogP contribution in [0.3, 0.4) is 0 Å². The topological polar surface area (TPSA) is 49.3 Å². The van der Waals surface area contributed by atoms with E-state index in [-0.39, 0.29) is 12.4 Å². The summed E-state index contributed by atoms with van der Waals surface area (Å²) < 4.78 is 0. The number of nitrogens with one attached hydrogen (secondary N) is 1. The van der Waals surface area contributed by atoms with Crippen molar-refractivity contribution >= 4 is 30.0 Å². The van der Waals surface area contributed by atoms with E-state index in [1.165, 1.54) is 0 Å². The Morgan fingerprint density at radius 2 is 2.20 bits per heavy atom. The zero-order valence-electron chi connectivity index (χ0n) is 7.87. The predicted octanol–water partition coefficient (Wildman–Crippen LogP) is 1.86. The first-order chi connectivity index (χ1) is 6.66. The monoisotopic (exact) mass is 247 g/mol. The molecule has 1 aromatic rings. The van der Waals surface area contributed by atoms with Crippen molar-refractivity contribution in [3.63, 3.8) is 0 Å². The standard InChI is InChI=1S/C10H10ClNO2.ClH/c11-8-2-1-6-4-9(10(13)14)12-5-7(6)3-8;/h1-3,9,12H,4-5H2,(H,13,14);1H/t9-;/m0./s1. The third-order valence-corrected chi connectivity index (χ3v) is 2.66. The first-order valence-corrected chi connectivity index (χ1v) is 4.78. The molecule has 0 saturated heterocycles. The van der Waals surface area contributed by atoms with Crippen molar-refractivity contribution in [1.29, 1.82) is 0 Å². The number of carboxylic acid groups (broad SMARTS) is 1. The number of halogens is 2. The second-order valence-corrected chi connectivity index (χ2v) is 3.83. The fourth-order valence-electron chi connectivity index (χ4n) is 1.66. The van der Waals surface area contributed by atoms with E-state index >= 15 is 0 Å². The number of carboxylic acids is 1. The van der Waals surface area contributed by atoms with Crippen LogP contribution in [-0.2, 0) is 17.8 Å². The van der Waals surface area contributed by atoms with Gasteiger partial charge in [-0.2, -0.15) is 0 Å². The molecule has 0 saturated carbocycles. The van der Waals surface area contributed by atoms with Gasteiger partial charge in [0.2, 0.25) is 0 Å². The molecule has 2 N–H and O–H groups in total. The van der Waals surface area contributed by atoms with Crippen LogP contribution in [-0.4, -0.2) is 17.1 Å². The van der Waals surface area contributed by atoms with Gasteiger partial charge in [-0.1, -0.05) is 17.7 Å². The van der Waals surface area contributed by atoms with Gasteiger partial charge in [-0.05, 0) is 29.7 Å². The summed E-state index contributed by atoms with van der Waals surface area (Å²) in [6, 6.07) is 5.10. The maximum atomic E-state index is 10.7. The van der Waals surface area contributed by atoms with E-state index in [1.54, 1.807) is 6.07 Å². The van der Waals surface area contributed by atoms with Crippen molar-refractivity contribution in [2.45, 2.75) is 19.0 Å². The van der Waals surface area contributed by atoms with Crippen LogP contribution in [0.4, 0.5) is 0 Å². The summed E-state index contributed by atoms with van der Waals surface area (Å²) in [4.78, 5) is 10.7. The zero-order chi connectivity index (χ0) is 10.1. The number of fused-ring (bicyclic) bond motifs is 1. The second kappa shape index (κ2) is 4.84. The van der Waals surface area contributed by atoms with Crippen LogP contribution < -0.4 is 5.32 Å². The highest BCUT2D eigenvalue weighted by molar-refractivity contribution is 6.30. The Labute approximate surface area is 98.8 Å². The van der Waals surface area contributed by atoms with Crippen LogP contribution in [0.2, 0.25) is 5.02 Å². The smallest absolute Gasteiger partial charge is 0.321 e. The molecule has 0 aliphatic carbocycles. The fourth-order valence-corrected chi connectivity index (χ4v) is 1.85. The molecule has 0 fully saturated rings. The van der Waals surface area contributed by atoms with Crippen LogP contribution in [0.25, 0.3) is 0 Å². The highest BCUT2D eigenvalue weighted by atomic mass is 35.5. The molecule has 82 valence electrons. The molecule has 3 nitrogen and oxygen atoms in total. The zero-order valence-corrected chi connectivity index (χ0v) is 9.44. The van der Waals surface area contributed by atoms with Gasteiger partial charge in [0.15, 0.2) is 0 Å². The van der Waals surface area contributed by atoms with Gasteiger partial charge >= 0.3 is 5.97 Å². The van der Waals surface area contributed by atoms with E-state index in [4.69, 9.17) is 16.7 Å². The van der Waals surface area contributed by atoms with Crippen molar-refractivity contribution in [2.24, 2.45) is 0 Å². The number of benzene rings is 1. The van der Waals surface area contributed by atoms with E-state index in [2.05, 4.69) is 5.32 Å². The van der Waals surface area contributed by atoms with Gasteiger partial charge in [-0.25, -0.2) is 0 Å². The Morgan fingerprint density at radius 3 is 2.87 bits per heavy atom. The molecule has 0 spiro atoms. The maximum absolute atomic E-state index is 10.7. The molecule has 0 amide bonds. The molecular formula is C10H11Cl2NO2. The van der Waals surface area contributed by atoms with E-state index in [1.807, 2.05) is 12.1 Å². The minimum absolute atomic E-state index is 0. The van der Waals surface area contributed by atoms with Crippen molar-refractivity contribution in [1.82, 2.24) is 5.32 Å². The van der Waals surface area contributed by atoms with E-state index in [0.29, 0.717) is 18.0 Å². The molecule has 0 bridgehead atoms. The Balaban J connectivity index is 0.00000112. The Hall–Kier alpha value is -0.770. The molecule has 0 aromatic heterocycles. The minimum atomic E-state index is -0.800. The van der Waals surface area contributed by atoms with Crippen LogP contribution in [0.15, 0.2) is 18.2 Å². The van der Waals surface area contributed by atoms with Gasteiger partial charge < -0.3 is 10.4 Å². The number of rotatable bonds is 1. The van der Waals surface area contributed by atoms with Gasteiger partial charge in [-0.3, -0.25) is 4.79 Å². The summed E-state index contributed by atoms with van der Waals surface area (Å²) >= 11 is 5.83. The fraction of sp³-hybridized carbons (Fsp3) is 0.300. The molecule has 1 aliphatic heterocycles. The van der Waals surface area contributed by atoms with Gasteiger partial charge in [0.1, 0.15) is 6.04 Å². The molecule has 5 heteroatoms. The van der Waals surface area contributed by atoms with Crippen LogP contribution in [0, 0.1) is 0 Å². The largest absolute Gasteiger partial charge is 0.480 e. The van der Waals surface area contributed by atoms with Gasteiger partial charge in [0, 0.05) is 11.6 Å². The molecule has 1 heterocycles. The molecule has 1 aromatic carbocycles. The molecule has 2 rings (SSSR count). The number of carbonyl (C=O) groups is 1. The summed E-state index contributed by atoms with van der Waals surface area (Å²) in [5, 5.41) is 12.5. The lowest BCUT2D eigenvalue weighted by Crippen LogP contribution is -2.41. The molecule has 1 atom stereocenters. The van der Waals surface area contributed by atoms with Crippen molar-refractivity contribution in [2.75, 3.05) is 0 Å². The predicted molar refractivity (Wildman–Crippen MR) is 60.7 cm³/mol. The Morgan fingerprint density at radius 1 is 1.47 bits per heavy atom. The van der Waals surface area contributed by atoms with Gasteiger partial charge in [0.05, 0.1) is 0 Å². The molecule has 0 radical (unpaired) electrons. The first kappa shape index (κ1) is 12.3. The van der Waals surface area contributed by atoms with Crippen molar-refractivity contribution < 1.29 is 9.90 Å². The Kier molecular flexibility index (Phi) is 3.97. The van der Waals surface area contributed by atoms with Crippen LogP contribution in [0.1, 0.15) is 11.1 Å². The number of aliphatic carboxylic acids is 1. The molecule has 0 unspecified atom stereocenters. The maximum Gasteiger partial charge on any atom is 0.321 e. The van der Waals surface area contributed by atoms with Gasteiger partial charge in [-0.15, -0.1) is 12.4 Å². The van der Waals surface area contributed by atoms with E-state index in [0.717, 1.165) is 11.1 Å². The lowest BCUT2D eigenvalue weighted by molar-refractivity contribution is -0.139. The third-order valence-electron chi connectivity index (χ3n) is 2.43. The second-order valence-electron chi connectivity index (χ2n) is 3.39. The molecule has 1 aliphatic rings. The summed E-state index contributed by atoms with van der Waals surface area (Å²) in [5.41, 5.74) is 2.16. The van der Waals surface area contributed by atoms with E-state index < -0.39 is 12.0 Å². The summed E-state index contributed by atoms with van der Waals surface area (Å²) in [7, 11) is 0. The normalized spacial score (nSPS) is 18.9. The van der Waals surface area contributed by atoms with E-state index in [9.17, 15) is 4.79 Å². The molecular weight excluding hydrogens is 237 g/mol. The minimum Gasteiger partial charge on any atom is -0.480 e. The first-order valence-electron chi connectivity index (χ1n) is 4.40. The average Bonchev–Trinajstić information content (AvgIpc) is 2.16. The Bertz CT molecular complexity index is 382. The highest BCUT2D eigenvalue weighted by Crippen LogP contribution is 2.20. The SMILES string of the molecule is Cl.O=C(O)[C@@H]1Cc2ccc(Cl)cc2CN1. The third kappa shape index (κ3) is 2.62.